The molecular weight excluding hydrogens is 176 g/mol. The van der Waals surface area contributed by atoms with Gasteiger partial charge < -0.3 is 5.32 Å². The molecule has 0 atom stereocenters. The maximum atomic E-state index is 10.1. The Morgan fingerprint density at radius 2 is 1.83 bits per heavy atom. The van der Waals surface area contributed by atoms with Crippen LogP contribution >= 0.6 is 11.8 Å². The van der Waals surface area contributed by atoms with Crippen LogP contribution in [-0.4, -0.2) is 30.0 Å². The Kier molecular flexibility index (Phi) is 4.10. The minimum Gasteiger partial charge on any atom is -0.317 e. The number of carbonyl (C=O) groups is 2. The molecule has 2 heterocycles. The number of rotatable bonds is 0. The summed E-state index contributed by atoms with van der Waals surface area (Å²) in [4.78, 5) is 20.2. The van der Waals surface area contributed by atoms with E-state index in [9.17, 15) is 9.59 Å². The Labute approximate surface area is 75.5 Å². The van der Waals surface area contributed by atoms with Crippen molar-refractivity contribution in [1.29, 1.82) is 0 Å². The summed E-state index contributed by atoms with van der Waals surface area (Å²) in [6.07, 6.45) is 2.78. The Hall–Kier alpha value is -0.550. The third-order valence-corrected chi connectivity index (χ3v) is 2.30. The summed E-state index contributed by atoms with van der Waals surface area (Å²) in [5.74, 6) is 0.105. The van der Waals surface area contributed by atoms with Gasteiger partial charge in [0, 0.05) is 0 Å². The molecule has 5 heteroatoms. The topological polar surface area (TPSA) is 58.2 Å². The summed E-state index contributed by atoms with van der Waals surface area (Å²) in [7, 11) is 0. The molecule has 2 aliphatic rings. The molecular formula is C7H12N2O2S. The standard InChI is InChI=1S/C4H9N.C3H3NO2S/c1-2-4-5-3-1;5-2-1-7-3(6)4-2/h5H,1-4H2;1H2,(H,4,5,6). The molecule has 0 aromatic rings. The molecule has 2 rings (SSSR count). The van der Waals surface area contributed by atoms with Crippen molar-refractivity contribution in [2.45, 2.75) is 12.8 Å². The average molecular weight is 188 g/mol. The smallest absolute Gasteiger partial charge is 0.286 e. The van der Waals surface area contributed by atoms with E-state index in [0.717, 1.165) is 11.8 Å². The molecule has 2 saturated heterocycles. The second-order valence-corrected chi connectivity index (χ2v) is 3.53. The van der Waals surface area contributed by atoms with Gasteiger partial charge in [-0.2, -0.15) is 0 Å². The number of hydrogen-bond donors (Lipinski definition) is 2. The minimum atomic E-state index is -0.231. The van der Waals surface area contributed by atoms with Crippen LogP contribution in [0.2, 0.25) is 0 Å². The second-order valence-electron chi connectivity index (χ2n) is 2.58. The van der Waals surface area contributed by atoms with Gasteiger partial charge in [-0.25, -0.2) is 0 Å². The molecule has 2 aliphatic heterocycles. The zero-order valence-electron chi connectivity index (χ0n) is 6.76. The molecule has 0 aliphatic carbocycles. The summed E-state index contributed by atoms with van der Waals surface area (Å²) in [5.41, 5.74) is 0. The normalized spacial score (nSPS) is 21.7. The fraction of sp³-hybridized carbons (Fsp3) is 0.714. The van der Waals surface area contributed by atoms with Crippen molar-refractivity contribution in [1.82, 2.24) is 10.6 Å². The zero-order chi connectivity index (χ0) is 8.81. The van der Waals surface area contributed by atoms with Gasteiger partial charge in [0.15, 0.2) is 0 Å². The van der Waals surface area contributed by atoms with Crippen LogP contribution in [0.5, 0.6) is 0 Å². The van der Waals surface area contributed by atoms with Gasteiger partial charge in [-0.1, -0.05) is 11.8 Å². The molecule has 0 aromatic carbocycles. The predicted octanol–water partition coefficient (Wildman–Crippen LogP) is 0.339. The molecule has 2 amide bonds. The lowest BCUT2D eigenvalue weighted by Crippen LogP contribution is -2.18. The van der Waals surface area contributed by atoms with Gasteiger partial charge >= 0.3 is 0 Å². The van der Waals surface area contributed by atoms with Crippen LogP contribution in [-0.2, 0) is 4.79 Å². The summed E-state index contributed by atoms with van der Waals surface area (Å²) < 4.78 is 0. The maximum absolute atomic E-state index is 10.1. The highest BCUT2D eigenvalue weighted by molar-refractivity contribution is 8.14. The molecule has 2 fully saturated rings. The lowest BCUT2D eigenvalue weighted by molar-refractivity contribution is -0.117. The van der Waals surface area contributed by atoms with E-state index in [4.69, 9.17) is 0 Å². The molecule has 0 aromatic heterocycles. The van der Waals surface area contributed by atoms with Crippen molar-refractivity contribution in [3.05, 3.63) is 0 Å². The number of imide groups is 1. The van der Waals surface area contributed by atoms with E-state index >= 15 is 0 Å². The Morgan fingerprint density at radius 1 is 1.17 bits per heavy atom. The van der Waals surface area contributed by atoms with Crippen molar-refractivity contribution in [2.24, 2.45) is 0 Å². The van der Waals surface area contributed by atoms with Gasteiger partial charge in [-0.05, 0) is 25.9 Å². The van der Waals surface area contributed by atoms with E-state index in [1.807, 2.05) is 0 Å². The van der Waals surface area contributed by atoms with Gasteiger partial charge in [0.25, 0.3) is 5.24 Å². The van der Waals surface area contributed by atoms with Crippen molar-refractivity contribution in [3.8, 4) is 0 Å². The highest BCUT2D eigenvalue weighted by atomic mass is 32.2. The maximum Gasteiger partial charge on any atom is 0.286 e. The fourth-order valence-corrected chi connectivity index (χ4v) is 1.46. The Morgan fingerprint density at radius 3 is 2.00 bits per heavy atom. The first-order valence-corrected chi connectivity index (χ1v) is 4.95. The van der Waals surface area contributed by atoms with Crippen molar-refractivity contribution >= 4 is 22.9 Å². The van der Waals surface area contributed by atoms with Gasteiger partial charge in [0.1, 0.15) is 0 Å². The lowest BCUT2D eigenvalue weighted by Gasteiger charge is -1.77. The van der Waals surface area contributed by atoms with Crippen LogP contribution in [0, 0.1) is 0 Å². The predicted molar refractivity (Wildman–Crippen MR) is 48.1 cm³/mol. The average Bonchev–Trinajstić information content (AvgIpc) is 2.63. The molecule has 0 radical (unpaired) electrons. The van der Waals surface area contributed by atoms with Crippen LogP contribution in [0.3, 0.4) is 0 Å². The Bertz CT molecular complexity index is 159. The van der Waals surface area contributed by atoms with Gasteiger partial charge in [-0.15, -0.1) is 0 Å². The Balaban J connectivity index is 0.000000127. The van der Waals surface area contributed by atoms with Crippen LogP contribution < -0.4 is 10.6 Å². The van der Waals surface area contributed by atoms with E-state index in [2.05, 4.69) is 10.6 Å². The second kappa shape index (κ2) is 5.16. The number of hydrogen-bond acceptors (Lipinski definition) is 4. The molecule has 0 unspecified atom stereocenters. The molecule has 68 valence electrons. The van der Waals surface area contributed by atoms with Gasteiger partial charge in [0.05, 0.1) is 5.75 Å². The zero-order valence-corrected chi connectivity index (χ0v) is 7.58. The monoisotopic (exact) mass is 188 g/mol. The molecule has 0 bridgehead atoms. The number of thioether (sulfide) groups is 1. The third-order valence-electron chi connectivity index (χ3n) is 1.53. The summed E-state index contributed by atoms with van der Waals surface area (Å²) in [6.45, 7) is 2.50. The largest absolute Gasteiger partial charge is 0.317 e. The highest BCUT2D eigenvalue weighted by Gasteiger charge is 2.16. The molecule has 12 heavy (non-hydrogen) atoms. The fourth-order valence-electron chi connectivity index (χ4n) is 0.942. The molecule has 0 spiro atoms. The minimum absolute atomic E-state index is 0.185. The molecule has 2 N–H and O–H groups in total. The highest BCUT2D eigenvalue weighted by Crippen LogP contribution is 2.06. The third kappa shape index (κ3) is 3.73. The molecule has 4 nitrogen and oxygen atoms in total. The van der Waals surface area contributed by atoms with Crippen LogP contribution in [0.15, 0.2) is 0 Å². The van der Waals surface area contributed by atoms with Crippen molar-refractivity contribution in [3.63, 3.8) is 0 Å². The van der Waals surface area contributed by atoms with E-state index < -0.39 is 0 Å². The van der Waals surface area contributed by atoms with Crippen molar-refractivity contribution in [2.75, 3.05) is 18.8 Å². The summed E-state index contributed by atoms with van der Waals surface area (Å²) in [5, 5.41) is 5.09. The van der Waals surface area contributed by atoms with E-state index in [1.54, 1.807) is 0 Å². The van der Waals surface area contributed by atoms with Crippen molar-refractivity contribution < 1.29 is 9.59 Å². The quantitative estimate of drug-likeness (QED) is 0.575. The summed E-state index contributed by atoms with van der Waals surface area (Å²) >= 11 is 1.01. The first kappa shape index (κ1) is 9.54. The van der Waals surface area contributed by atoms with E-state index in [1.165, 1.54) is 25.9 Å². The number of carbonyl (C=O) groups excluding carboxylic acids is 2. The van der Waals surface area contributed by atoms with Gasteiger partial charge in [-0.3, -0.25) is 14.9 Å². The summed E-state index contributed by atoms with van der Waals surface area (Å²) in [6, 6.07) is 0. The van der Waals surface area contributed by atoms with E-state index in [-0.39, 0.29) is 11.1 Å². The number of amides is 2. The van der Waals surface area contributed by atoms with Gasteiger partial charge in [0.2, 0.25) is 5.91 Å². The first-order valence-electron chi connectivity index (χ1n) is 3.96. The van der Waals surface area contributed by atoms with Crippen LogP contribution in [0.25, 0.3) is 0 Å². The van der Waals surface area contributed by atoms with Crippen LogP contribution in [0.4, 0.5) is 4.79 Å². The first-order chi connectivity index (χ1) is 5.79. The lowest BCUT2D eigenvalue weighted by atomic mass is 10.4. The van der Waals surface area contributed by atoms with E-state index in [0.29, 0.717) is 5.75 Å². The SMILES string of the molecule is C1CCNC1.O=C1CSC(=O)N1. The van der Waals surface area contributed by atoms with Crippen LogP contribution in [0.1, 0.15) is 12.8 Å². The molecule has 0 saturated carbocycles. The number of nitrogens with one attached hydrogen (secondary N) is 2.